The smallest absolute Gasteiger partial charge is 0.270 e. The fraction of sp³-hybridized carbons (Fsp3) is 0.500. The summed E-state index contributed by atoms with van der Waals surface area (Å²) in [6.07, 6.45) is 2.87. The van der Waals surface area contributed by atoms with Gasteiger partial charge in [0.2, 0.25) is 0 Å². The molecular weight excluding hydrogens is 290 g/mol. The van der Waals surface area contributed by atoms with E-state index in [1.807, 2.05) is 30.0 Å². The van der Waals surface area contributed by atoms with Crippen LogP contribution in [0.5, 0.6) is 0 Å². The number of aryl methyl sites for hydroxylation is 1. The fourth-order valence-electron chi connectivity index (χ4n) is 3.05. The van der Waals surface area contributed by atoms with Crippen LogP contribution in [-0.2, 0) is 0 Å². The van der Waals surface area contributed by atoms with Crippen LogP contribution in [0.15, 0.2) is 34.9 Å². The summed E-state index contributed by atoms with van der Waals surface area (Å²) in [5.41, 5.74) is 0.681. The Labute approximate surface area is 137 Å². The minimum atomic E-state index is 0.106. The highest BCUT2D eigenvalue weighted by molar-refractivity contribution is 5.92. The van der Waals surface area contributed by atoms with Gasteiger partial charge in [0.15, 0.2) is 0 Å². The predicted octanol–water partition coefficient (Wildman–Crippen LogP) is 2.87. The first kappa shape index (κ1) is 15.9. The molecule has 3 rings (SSSR count). The van der Waals surface area contributed by atoms with Crippen LogP contribution in [0.1, 0.15) is 41.3 Å². The number of hydrogen-bond acceptors (Lipinski definition) is 3. The molecule has 2 aromatic heterocycles. The number of carbonyl (C=O) groups is 1. The van der Waals surface area contributed by atoms with Crippen molar-refractivity contribution in [3.05, 3.63) is 47.7 Å². The number of aromatic nitrogens is 1. The van der Waals surface area contributed by atoms with Gasteiger partial charge in [-0.3, -0.25) is 9.69 Å². The lowest BCUT2D eigenvalue weighted by Gasteiger charge is -2.34. The van der Waals surface area contributed by atoms with E-state index >= 15 is 0 Å². The number of piperazine rings is 1. The van der Waals surface area contributed by atoms with E-state index in [4.69, 9.17) is 4.42 Å². The molecule has 0 aliphatic carbocycles. The molecule has 1 atom stereocenters. The largest absolute Gasteiger partial charge is 0.466 e. The molecule has 1 saturated heterocycles. The van der Waals surface area contributed by atoms with Crippen molar-refractivity contribution in [3.8, 4) is 0 Å². The third-order valence-electron chi connectivity index (χ3n) is 4.61. The van der Waals surface area contributed by atoms with Gasteiger partial charge in [-0.25, -0.2) is 0 Å². The zero-order chi connectivity index (χ0) is 16.2. The molecule has 0 aromatic carbocycles. The van der Waals surface area contributed by atoms with Crippen LogP contribution in [0.25, 0.3) is 0 Å². The van der Waals surface area contributed by atoms with Gasteiger partial charge in [0, 0.05) is 38.3 Å². The number of amides is 1. The lowest BCUT2D eigenvalue weighted by atomic mass is 10.0. The number of H-pyrrole nitrogens is 1. The van der Waals surface area contributed by atoms with Gasteiger partial charge in [0.1, 0.15) is 17.2 Å². The highest BCUT2D eigenvalue weighted by atomic mass is 16.3. The summed E-state index contributed by atoms with van der Waals surface area (Å²) < 4.78 is 5.70. The van der Waals surface area contributed by atoms with E-state index in [1.165, 1.54) is 0 Å². The first-order valence-electron chi connectivity index (χ1n) is 8.35. The number of aromatic amines is 1. The quantitative estimate of drug-likeness (QED) is 0.923. The maximum Gasteiger partial charge on any atom is 0.270 e. The molecule has 23 heavy (non-hydrogen) atoms. The molecule has 1 N–H and O–H groups in total. The summed E-state index contributed by atoms with van der Waals surface area (Å²) in [5.74, 6) is 2.59. The lowest BCUT2D eigenvalue weighted by molar-refractivity contribution is 0.0628. The van der Waals surface area contributed by atoms with E-state index in [-0.39, 0.29) is 5.91 Å². The van der Waals surface area contributed by atoms with Gasteiger partial charge < -0.3 is 14.3 Å². The van der Waals surface area contributed by atoms with Crippen molar-refractivity contribution < 1.29 is 9.21 Å². The second-order valence-electron chi connectivity index (χ2n) is 6.36. The molecule has 1 aliphatic heterocycles. The molecule has 124 valence electrons. The second-order valence-corrected chi connectivity index (χ2v) is 6.36. The van der Waals surface area contributed by atoms with Gasteiger partial charge in [-0.1, -0.05) is 6.92 Å². The van der Waals surface area contributed by atoms with E-state index < -0.39 is 0 Å². The summed E-state index contributed by atoms with van der Waals surface area (Å²) in [6.45, 7) is 8.72. The van der Waals surface area contributed by atoms with E-state index in [1.54, 1.807) is 6.20 Å². The first-order chi connectivity index (χ1) is 11.1. The Bertz CT molecular complexity index is 624. The molecule has 1 unspecified atom stereocenters. The zero-order valence-electron chi connectivity index (χ0n) is 13.9. The van der Waals surface area contributed by atoms with Gasteiger partial charge in [-0.05, 0) is 44.2 Å². The van der Waals surface area contributed by atoms with E-state index in [9.17, 15) is 4.79 Å². The van der Waals surface area contributed by atoms with Crippen LogP contribution >= 0.6 is 0 Å². The van der Waals surface area contributed by atoms with Crippen molar-refractivity contribution in [1.29, 1.82) is 0 Å². The number of rotatable bonds is 5. The van der Waals surface area contributed by atoms with E-state index in [0.717, 1.165) is 50.7 Å². The number of nitrogens with one attached hydrogen (secondary N) is 1. The summed E-state index contributed by atoms with van der Waals surface area (Å²) in [6, 6.07) is 7.80. The minimum absolute atomic E-state index is 0.106. The Morgan fingerprint density at radius 3 is 2.65 bits per heavy atom. The van der Waals surface area contributed by atoms with Crippen molar-refractivity contribution in [3.63, 3.8) is 0 Å². The number of hydrogen-bond donors (Lipinski definition) is 1. The third kappa shape index (κ3) is 3.85. The number of carbonyl (C=O) groups excluding carboxylic acids is 1. The van der Waals surface area contributed by atoms with Gasteiger partial charge in [0.25, 0.3) is 5.91 Å². The molecule has 5 nitrogen and oxygen atoms in total. The molecule has 0 spiro atoms. The molecule has 1 amide bonds. The normalized spacial score (nSPS) is 17.4. The number of furan rings is 1. The van der Waals surface area contributed by atoms with Crippen LogP contribution in [0.4, 0.5) is 0 Å². The highest BCUT2D eigenvalue weighted by Crippen LogP contribution is 2.22. The van der Waals surface area contributed by atoms with Crippen molar-refractivity contribution in [2.24, 2.45) is 0 Å². The molecular formula is C18H25N3O2. The lowest BCUT2D eigenvalue weighted by Crippen LogP contribution is -2.49. The standard InChI is InChI=1S/C18H25N3O2/c1-14(17-6-5-15(2)23-17)7-9-20-10-12-21(13-11-20)18(22)16-4-3-8-19-16/h3-6,8,14,19H,7,9-13H2,1-2H3. The topological polar surface area (TPSA) is 52.5 Å². The van der Waals surface area contributed by atoms with Gasteiger partial charge >= 0.3 is 0 Å². The average Bonchev–Trinajstić information content (AvgIpc) is 3.24. The van der Waals surface area contributed by atoms with Crippen molar-refractivity contribution in [2.45, 2.75) is 26.2 Å². The maximum atomic E-state index is 12.3. The van der Waals surface area contributed by atoms with Gasteiger partial charge in [0.05, 0.1) is 0 Å². The maximum absolute atomic E-state index is 12.3. The third-order valence-corrected chi connectivity index (χ3v) is 4.61. The summed E-state index contributed by atoms with van der Waals surface area (Å²) >= 11 is 0. The van der Waals surface area contributed by atoms with Crippen molar-refractivity contribution >= 4 is 5.91 Å². The Hall–Kier alpha value is -2.01. The average molecular weight is 315 g/mol. The fourth-order valence-corrected chi connectivity index (χ4v) is 3.05. The molecule has 1 fully saturated rings. The van der Waals surface area contributed by atoms with Crippen molar-refractivity contribution in [2.75, 3.05) is 32.7 Å². The summed E-state index contributed by atoms with van der Waals surface area (Å²) in [4.78, 5) is 19.6. The molecule has 1 aliphatic rings. The molecule has 2 aromatic rings. The summed E-state index contributed by atoms with van der Waals surface area (Å²) in [7, 11) is 0. The molecule has 0 radical (unpaired) electrons. The Kier molecular flexibility index (Phi) is 4.86. The number of nitrogens with zero attached hydrogens (tertiary/aromatic N) is 2. The van der Waals surface area contributed by atoms with Crippen LogP contribution in [0.2, 0.25) is 0 Å². The summed E-state index contributed by atoms with van der Waals surface area (Å²) in [5, 5.41) is 0. The Balaban J connectivity index is 1.43. The predicted molar refractivity (Wildman–Crippen MR) is 89.6 cm³/mol. The van der Waals surface area contributed by atoms with Crippen LogP contribution in [-0.4, -0.2) is 53.4 Å². The second kappa shape index (κ2) is 7.04. The van der Waals surface area contributed by atoms with E-state index in [2.05, 4.69) is 22.9 Å². The first-order valence-corrected chi connectivity index (χ1v) is 8.35. The molecule has 5 heteroatoms. The molecule has 0 saturated carbocycles. The zero-order valence-corrected chi connectivity index (χ0v) is 13.9. The van der Waals surface area contributed by atoms with Crippen LogP contribution in [0, 0.1) is 6.92 Å². The monoisotopic (exact) mass is 315 g/mol. The van der Waals surface area contributed by atoms with Crippen molar-refractivity contribution in [1.82, 2.24) is 14.8 Å². The Morgan fingerprint density at radius 1 is 1.26 bits per heavy atom. The minimum Gasteiger partial charge on any atom is -0.466 e. The van der Waals surface area contributed by atoms with Gasteiger partial charge in [-0.15, -0.1) is 0 Å². The van der Waals surface area contributed by atoms with Crippen LogP contribution in [0.3, 0.4) is 0 Å². The highest BCUT2D eigenvalue weighted by Gasteiger charge is 2.23. The van der Waals surface area contributed by atoms with Crippen LogP contribution < -0.4 is 0 Å². The SMILES string of the molecule is Cc1ccc(C(C)CCN2CCN(C(=O)c3ccc[nH]3)CC2)o1. The molecule has 0 bridgehead atoms. The Morgan fingerprint density at radius 2 is 2.04 bits per heavy atom. The van der Waals surface area contributed by atoms with E-state index in [0.29, 0.717) is 11.6 Å². The molecule has 3 heterocycles. The van der Waals surface area contributed by atoms with Gasteiger partial charge in [-0.2, -0.15) is 0 Å².